The molecule has 0 amide bonds. The van der Waals surface area contributed by atoms with Gasteiger partial charge < -0.3 is 5.21 Å². The van der Waals surface area contributed by atoms with Crippen molar-refractivity contribution in [2.75, 3.05) is 0 Å². The molecule has 2 fully saturated rings. The summed E-state index contributed by atoms with van der Waals surface area (Å²) in [6, 6.07) is 0. The molecule has 0 aromatic rings. The number of fused-ring (bicyclic) bond motifs is 2. The lowest BCUT2D eigenvalue weighted by Gasteiger charge is -2.35. The Labute approximate surface area is 73.7 Å². The number of hydrogen-bond acceptors (Lipinski definition) is 2. The first-order valence-corrected chi connectivity index (χ1v) is 4.79. The van der Waals surface area contributed by atoms with Crippen LogP contribution in [-0.4, -0.2) is 10.9 Å². The van der Waals surface area contributed by atoms with E-state index in [1.54, 1.807) is 0 Å². The Bertz CT molecular complexity index is 236. The van der Waals surface area contributed by atoms with E-state index in [4.69, 9.17) is 5.21 Å². The van der Waals surface area contributed by atoms with Crippen LogP contribution in [0.4, 0.5) is 0 Å². The van der Waals surface area contributed by atoms with E-state index in [0.717, 1.165) is 12.1 Å². The van der Waals surface area contributed by atoms with Crippen molar-refractivity contribution < 1.29 is 5.21 Å². The summed E-state index contributed by atoms with van der Waals surface area (Å²) >= 11 is 0. The Morgan fingerprint density at radius 1 is 1.25 bits per heavy atom. The molecular formula is C10H17NO. The van der Waals surface area contributed by atoms with Crippen molar-refractivity contribution in [1.82, 2.24) is 0 Å². The normalized spacial score (nSPS) is 50.0. The van der Waals surface area contributed by atoms with Crippen molar-refractivity contribution in [3.63, 3.8) is 0 Å². The van der Waals surface area contributed by atoms with Crippen LogP contribution in [-0.2, 0) is 0 Å². The number of oxime groups is 1. The Morgan fingerprint density at radius 3 is 2.67 bits per heavy atom. The lowest BCUT2D eigenvalue weighted by molar-refractivity contribution is 0.247. The Hall–Kier alpha value is -0.530. The van der Waals surface area contributed by atoms with Gasteiger partial charge in [0, 0.05) is 5.41 Å². The second-order valence-electron chi connectivity index (χ2n) is 5.09. The van der Waals surface area contributed by atoms with Crippen molar-refractivity contribution in [3.05, 3.63) is 0 Å². The molecule has 0 spiro atoms. The van der Waals surface area contributed by atoms with Gasteiger partial charge in [0.2, 0.25) is 0 Å². The van der Waals surface area contributed by atoms with Crippen molar-refractivity contribution in [2.45, 2.75) is 46.0 Å². The summed E-state index contributed by atoms with van der Waals surface area (Å²) in [5.74, 6) is 0. The second kappa shape index (κ2) is 2.24. The zero-order chi connectivity index (χ0) is 8.82. The van der Waals surface area contributed by atoms with E-state index in [2.05, 4.69) is 19.0 Å². The summed E-state index contributed by atoms with van der Waals surface area (Å²) in [6.45, 7) is 4.61. The zero-order valence-corrected chi connectivity index (χ0v) is 7.93. The summed E-state index contributed by atoms with van der Waals surface area (Å²) in [4.78, 5) is 0. The molecule has 2 unspecified atom stereocenters. The molecule has 0 heterocycles. The molecule has 2 rings (SSSR count). The molecule has 2 aliphatic carbocycles. The van der Waals surface area contributed by atoms with Gasteiger partial charge in [0.1, 0.15) is 0 Å². The van der Waals surface area contributed by atoms with Gasteiger partial charge in [0.15, 0.2) is 0 Å². The first kappa shape index (κ1) is 8.09. The van der Waals surface area contributed by atoms with Gasteiger partial charge in [-0.2, -0.15) is 0 Å². The van der Waals surface area contributed by atoms with Crippen molar-refractivity contribution in [3.8, 4) is 0 Å². The minimum Gasteiger partial charge on any atom is -0.411 e. The third-order valence-corrected chi connectivity index (χ3v) is 3.88. The minimum atomic E-state index is 0.224. The van der Waals surface area contributed by atoms with Crippen LogP contribution in [0.25, 0.3) is 0 Å². The highest BCUT2D eigenvalue weighted by molar-refractivity contribution is 5.90. The van der Waals surface area contributed by atoms with Gasteiger partial charge in [-0.25, -0.2) is 0 Å². The molecule has 0 radical (unpaired) electrons. The van der Waals surface area contributed by atoms with Gasteiger partial charge in [0.25, 0.3) is 0 Å². The molecule has 2 bridgehead atoms. The molecule has 1 N–H and O–H groups in total. The fraction of sp³-hybridized carbons (Fsp3) is 0.900. The van der Waals surface area contributed by atoms with Gasteiger partial charge in [0.05, 0.1) is 5.71 Å². The van der Waals surface area contributed by atoms with Crippen molar-refractivity contribution in [1.29, 1.82) is 0 Å². The summed E-state index contributed by atoms with van der Waals surface area (Å²) in [7, 11) is 0. The molecule has 0 aliphatic heterocycles. The second-order valence-corrected chi connectivity index (χ2v) is 5.09. The SMILES string of the molecule is CC12CC/C(=N/O)C(C)(CC1)C2. The highest BCUT2D eigenvalue weighted by atomic mass is 16.4. The summed E-state index contributed by atoms with van der Waals surface area (Å²) in [6.07, 6.45) is 5.95. The lowest BCUT2D eigenvalue weighted by atomic mass is 9.70. The predicted molar refractivity (Wildman–Crippen MR) is 48.5 cm³/mol. The molecule has 2 saturated carbocycles. The van der Waals surface area contributed by atoms with E-state index in [-0.39, 0.29) is 5.41 Å². The van der Waals surface area contributed by atoms with E-state index in [9.17, 15) is 0 Å². The van der Waals surface area contributed by atoms with Crippen LogP contribution < -0.4 is 0 Å². The van der Waals surface area contributed by atoms with Gasteiger partial charge in [-0.05, 0) is 37.5 Å². The highest BCUT2D eigenvalue weighted by Gasteiger charge is 2.49. The van der Waals surface area contributed by atoms with Crippen molar-refractivity contribution in [2.24, 2.45) is 16.0 Å². The molecule has 0 saturated heterocycles. The van der Waals surface area contributed by atoms with Crippen LogP contribution in [0.15, 0.2) is 5.16 Å². The molecule has 12 heavy (non-hydrogen) atoms. The van der Waals surface area contributed by atoms with Crippen LogP contribution in [0, 0.1) is 10.8 Å². The Morgan fingerprint density at radius 2 is 2.00 bits per heavy atom. The van der Waals surface area contributed by atoms with Crippen LogP contribution >= 0.6 is 0 Å². The molecule has 2 nitrogen and oxygen atoms in total. The van der Waals surface area contributed by atoms with Crippen LogP contribution in [0.1, 0.15) is 46.0 Å². The number of nitrogens with zero attached hydrogens (tertiary/aromatic N) is 1. The maximum atomic E-state index is 8.85. The smallest absolute Gasteiger partial charge is 0.0630 e. The fourth-order valence-electron chi connectivity index (χ4n) is 3.05. The molecule has 2 aliphatic rings. The quantitative estimate of drug-likeness (QED) is 0.436. The molecule has 68 valence electrons. The van der Waals surface area contributed by atoms with E-state index in [0.29, 0.717) is 5.41 Å². The first-order chi connectivity index (χ1) is 5.58. The Balaban J connectivity index is 2.30. The van der Waals surface area contributed by atoms with Crippen molar-refractivity contribution >= 4 is 5.71 Å². The summed E-state index contributed by atoms with van der Waals surface area (Å²) in [5, 5.41) is 12.3. The molecule has 2 atom stereocenters. The standard InChI is InChI=1S/C10H17NO/c1-9-4-3-8(11-12)10(2,7-9)6-5-9/h12H,3-7H2,1-2H3/b11-8-. The van der Waals surface area contributed by atoms with Gasteiger partial charge in [-0.15, -0.1) is 0 Å². The van der Waals surface area contributed by atoms with Gasteiger partial charge >= 0.3 is 0 Å². The van der Waals surface area contributed by atoms with E-state index in [1.165, 1.54) is 25.7 Å². The Kier molecular flexibility index (Phi) is 1.51. The summed E-state index contributed by atoms with van der Waals surface area (Å²) in [5.41, 5.74) is 1.81. The molecule has 2 heteroatoms. The minimum absolute atomic E-state index is 0.224. The topological polar surface area (TPSA) is 32.6 Å². The van der Waals surface area contributed by atoms with Gasteiger partial charge in [-0.3, -0.25) is 0 Å². The van der Waals surface area contributed by atoms with Crippen LogP contribution in [0.5, 0.6) is 0 Å². The maximum absolute atomic E-state index is 8.85. The third kappa shape index (κ3) is 0.970. The average Bonchev–Trinajstić information content (AvgIpc) is 2.24. The fourth-order valence-corrected chi connectivity index (χ4v) is 3.05. The van der Waals surface area contributed by atoms with E-state index >= 15 is 0 Å². The third-order valence-electron chi connectivity index (χ3n) is 3.88. The molecular weight excluding hydrogens is 150 g/mol. The number of rotatable bonds is 0. The first-order valence-electron chi connectivity index (χ1n) is 4.79. The van der Waals surface area contributed by atoms with E-state index in [1.807, 2.05) is 0 Å². The zero-order valence-electron chi connectivity index (χ0n) is 7.93. The van der Waals surface area contributed by atoms with Crippen LogP contribution in [0.3, 0.4) is 0 Å². The molecule has 0 aromatic carbocycles. The van der Waals surface area contributed by atoms with E-state index < -0.39 is 0 Å². The summed E-state index contributed by atoms with van der Waals surface area (Å²) < 4.78 is 0. The number of hydrogen-bond donors (Lipinski definition) is 1. The monoisotopic (exact) mass is 167 g/mol. The maximum Gasteiger partial charge on any atom is 0.0630 e. The lowest BCUT2D eigenvalue weighted by Crippen LogP contribution is -2.32. The van der Waals surface area contributed by atoms with Crippen LogP contribution in [0.2, 0.25) is 0 Å². The highest BCUT2D eigenvalue weighted by Crippen LogP contribution is 2.56. The average molecular weight is 167 g/mol. The predicted octanol–water partition coefficient (Wildman–Crippen LogP) is 2.81. The van der Waals surface area contributed by atoms with Gasteiger partial charge in [-0.1, -0.05) is 19.0 Å². The largest absolute Gasteiger partial charge is 0.411 e. The molecule has 0 aromatic heterocycles.